The Hall–Kier alpha value is -2.83. The summed E-state index contributed by atoms with van der Waals surface area (Å²) in [4.78, 5) is 11.5. The lowest BCUT2D eigenvalue weighted by molar-refractivity contribution is -0.140. The molecule has 0 fully saturated rings. The molecule has 0 bridgehead atoms. The van der Waals surface area contributed by atoms with Crippen molar-refractivity contribution in [3.8, 4) is 0 Å². The molecule has 2 aromatic carbocycles. The van der Waals surface area contributed by atoms with E-state index >= 15 is 0 Å². The van der Waals surface area contributed by atoms with Crippen LogP contribution in [0.2, 0.25) is 0 Å². The number of carbonyl (C=O) groups is 1. The fourth-order valence-electron chi connectivity index (χ4n) is 2.34. The third kappa shape index (κ3) is 4.13. The Balaban J connectivity index is 2.30. The van der Waals surface area contributed by atoms with Crippen LogP contribution in [0.1, 0.15) is 28.2 Å². The van der Waals surface area contributed by atoms with Gasteiger partial charge in [-0.25, -0.2) is 0 Å². The van der Waals surface area contributed by atoms with Crippen molar-refractivity contribution in [2.45, 2.75) is 18.5 Å². The second-order valence-electron chi connectivity index (χ2n) is 5.33. The van der Waals surface area contributed by atoms with Gasteiger partial charge in [0, 0.05) is 5.56 Å². The molecule has 7 heteroatoms. The molecule has 0 spiro atoms. The Labute approximate surface area is 136 Å². The van der Waals surface area contributed by atoms with Crippen molar-refractivity contribution in [1.82, 2.24) is 0 Å². The van der Waals surface area contributed by atoms with Crippen LogP contribution in [0.15, 0.2) is 48.5 Å². The fraction of sp³-hybridized carbons (Fsp3) is 0.176. The van der Waals surface area contributed by atoms with Crippen LogP contribution in [-0.2, 0) is 17.4 Å². The Bertz CT molecular complexity index is 755. The van der Waals surface area contributed by atoms with Crippen LogP contribution in [0.3, 0.4) is 0 Å². The highest BCUT2D eigenvalue weighted by molar-refractivity contribution is 5.94. The van der Waals surface area contributed by atoms with Crippen molar-refractivity contribution >= 4 is 11.8 Å². The van der Waals surface area contributed by atoms with E-state index in [1.54, 1.807) is 24.3 Å². The first-order valence-electron chi connectivity index (χ1n) is 7.02. The monoisotopic (exact) mass is 336 g/mol. The highest BCUT2D eigenvalue weighted by Crippen LogP contribution is 2.32. The Kier molecular flexibility index (Phi) is 4.92. The molecule has 0 aliphatic heterocycles. The second kappa shape index (κ2) is 6.74. The van der Waals surface area contributed by atoms with Crippen LogP contribution in [0, 0.1) is 5.41 Å². The number of hydrogen-bond acceptors (Lipinski definition) is 2. The van der Waals surface area contributed by atoms with Gasteiger partial charge in [0.1, 0.15) is 5.84 Å². The summed E-state index contributed by atoms with van der Waals surface area (Å²) in [5, 5.41) is 16.7. The number of rotatable bonds is 5. The number of hydrogen-bond donors (Lipinski definition) is 3. The smallest absolute Gasteiger partial charge is 0.416 e. The molecule has 2 rings (SSSR count). The van der Waals surface area contributed by atoms with Gasteiger partial charge < -0.3 is 10.8 Å². The van der Waals surface area contributed by atoms with Gasteiger partial charge in [-0.3, -0.25) is 10.2 Å². The Morgan fingerprint density at radius 2 is 1.79 bits per heavy atom. The van der Waals surface area contributed by atoms with Gasteiger partial charge in [0.05, 0.1) is 11.5 Å². The number of nitrogens with one attached hydrogen (secondary N) is 1. The predicted molar refractivity (Wildman–Crippen MR) is 83.0 cm³/mol. The third-order valence-electron chi connectivity index (χ3n) is 3.62. The van der Waals surface area contributed by atoms with E-state index in [2.05, 4.69) is 0 Å². The normalized spacial score (nSPS) is 12.6. The summed E-state index contributed by atoms with van der Waals surface area (Å²) in [5.41, 5.74) is 5.68. The van der Waals surface area contributed by atoms with Crippen molar-refractivity contribution in [2.75, 3.05) is 0 Å². The topological polar surface area (TPSA) is 87.2 Å². The summed E-state index contributed by atoms with van der Waals surface area (Å²) in [5.74, 6) is -2.42. The van der Waals surface area contributed by atoms with Gasteiger partial charge in [0.15, 0.2) is 0 Å². The van der Waals surface area contributed by atoms with Gasteiger partial charge >= 0.3 is 12.1 Å². The van der Waals surface area contributed by atoms with Gasteiger partial charge in [0.2, 0.25) is 0 Å². The molecule has 4 N–H and O–H groups in total. The minimum absolute atomic E-state index is 0.0365. The highest BCUT2D eigenvalue weighted by atomic mass is 19.4. The number of carboxylic acid groups (broad SMARTS) is 1. The van der Waals surface area contributed by atoms with Gasteiger partial charge in [-0.1, -0.05) is 42.5 Å². The molecule has 0 amide bonds. The number of nitrogen functional groups attached to an aromatic ring is 1. The molecule has 4 nitrogen and oxygen atoms in total. The zero-order valence-corrected chi connectivity index (χ0v) is 12.5. The lowest BCUT2D eigenvalue weighted by Crippen LogP contribution is -2.16. The second-order valence-corrected chi connectivity index (χ2v) is 5.33. The van der Waals surface area contributed by atoms with Crippen molar-refractivity contribution < 1.29 is 23.1 Å². The van der Waals surface area contributed by atoms with E-state index in [0.717, 1.165) is 12.1 Å². The molecule has 0 aliphatic rings. The largest absolute Gasteiger partial charge is 0.481 e. The minimum Gasteiger partial charge on any atom is -0.481 e. The van der Waals surface area contributed by atoms with Crippen molar-refractivity contribution in [3.63, 3.8) is 0 Å². The number of aliphatic carboxylic acids is 1. The summed E-state index contributed by atoms with van der Waals surface area (Å²) in [7, 11) is 0. The van der Waals surface area contributed by atoms with E-state index in [9.17, 15) is 23.1 Å². The van der Waals surface area contributed by atoms with Crippen LogP contribution < -0.4 is 5.73 Å². The zero-order chi connectivity index (χ0) is 17.9. The fourth-order valence-corrected chi connectivity index (χ4v) is 2.34. The van der Waals surface area contributed by atoms with Crippen LogP contribution >= 0.6 is 0 Å². The van der Waals surface area contributed by atoms with Crippen LogP contribution in [0.25, 0.3) is 0 Å². The minimum atomic E-state index is -4.53. The third-order valence-corrected chi connectivity index (χ3v) is 3.62. The van der Waals surface area contributed by atoms with E-state index < -0.39 is 23.6 Å². The molecular formula is C17H15F3N2O2. The number of carboxylic acids is 1. The average molecular weight is 336 g/mol. The molecule has 126 valence electrons. The van der Waals surface area contributed by atoms with E-state index in [1.807, 2.05) is 0 Å². The summed E-state index contributed by atoms with van der Waals surface area (Å²) in [6, 6.07) is 10.7. The number of nitrogens with two attached hydrogens (primary N) is 1. The molecule has 0 radical (unpaired) electrons. The maximum absolute atomic E-state index is 12.8. The van der Waals surface area contributed by atoms with Gasteiger partial charge in [0.25, 0.3) is 0 Å². The quantitative estimate of drug-likeness (QED) is 0.578. The zero-order valence-electron chi connectivity index (χ0n) is 12.5. The van der Waals surface area contributed by atoms with Gasteiger partial charge in [-0.05, 0) is 23.6 Å². The standard InChI is InChI=1S/C17H15F3N2O2/c18-17(19,20)13-3-1-2-12(9-13)14(16(23)24)8-10-4-6-11(7-5-10)15(21)22/h1-7,9,14H,8H2,(H3,21,22)(H,23,24). The number of amidine groups is 1. The molecule has 0 saturated heterocycles. The van der Waals surface area contributed by atoms with Gasteiger partial charge in [-0.15, -0.1) is 0 Å². The molecule has 24 heavy (non-hydrogen) atoms. The van der Waals surface area contributed by atoms with Crippen molar-refractivity contribution in [2.24, 2.45) is 5.73 Å². The summed E-state index contributed by atoms with van der Waals surface area (Å²) in [6.07, 6.45) is -4.49. The van der Waals surface area contributed by atoms with E-state index in [1.165, 1.54) is 12.1 Å². The molecule has 2 aromatic rings. The molecule has 1 unspecified atom stereocenters. The molecule has 0 saturated carbocycles. The molecule has 0 aromatic heterocycles. The molecule has 0 aliphatic carbocycles. The lowest BCUT2D eigenvalue weighted by Gasteiger charge is -2.15. The van der Waals surface area contributed by atoms with Crippen molar-refractivity contribution in [3.05, 3.63) is 70.8 Å². The average Bonchev–Trinajstić information content (AvgIpc) is 2.52. The lowest BCUT2D eigenvalue weighted by atomic mass is 9.90. The van der Waals surface area contributed by atoms with Crippen LogP contribution in [-0.4, -0.2) is 16.9 Å². The van der Waals surface area contributed by atoms with Crippen LogP contribution in [0.4, 0.5) is 13.2 Å². The number of halogens is 3. The summed E-state index contributed by atoms with van der Waals surface area (Å²) >= 11 is 0. The first-order chi connectivity index (χ1) is 11.2. The molecule has 1 atom stereocenters. The van der Waals surface area contributed by atoms with E-state index in [0.29, 0.717) is 11.1 Å². The van der Waals surface area contributed by atoms with Crippen LogP contribution in [0.5, 0.6) is 0 Å². The summed E-state index contributed by atoms with van der Waals surface area (Å²) in [6.45, 7) is 0. The molecule has 0 heterocycles. The van der Waals surface area contributed by atoms with Gasteiger partial charge in [-0.2, -0.15) is 13.2 Å². The predicted octanol–water partition coefficient (Wildman–Crippen LogP) is 3.40. The Morgan fingerprint density at radius 1 is 1.17 bits per heavy atom. The Morgan fingerprint density at radius 3 is 2.29 bits per heavy atom. The summed E-state index contributed by atoms with van der Waals surface area (Å²) < 4.78 is 38.4. The first-order valence-corrected chi connectivity index (χ1v) is 7.02. The SMILES string of the molecule is N=C(N)c1ccc(CC(C(=O)O)c2cccc(C(F)(F)F)c2)cc1. The maximum atomic E-state index is 12.8. The first kappa shape index (κ1) is 17.5. The molecular weight excluding hydrogens is 321 g/mol. The number of alkyl halides is 3. The van der Waals surface area contributed by atoms with E-state index in [4.69, 9.17) is 11.1 Å². The van der Waals surface area contributed by atoms with Crippen molar-refractivity contribution in [1.29, 1.82) is 5.41 Å². The number of benzene rings is 2. The maximum Gasteiger partial charge on any atom is 0.416 e. The highest BCUT2D eigenvalue weighted by Gasteiger charge is 2.31. The van der Waals surface area contributed by atoms with E-state index in [-0.39, 0.29) is 17.8 Å².